The van der Waals surface area contributed by atoms with Crippen LogP contribution in [-0.2, 0) is 9.53 Å². The molecule has 1 amide bonds. The second-order valence-corrected chi connectivity index (χ2v) is 5.85. The minimum Gasteiger partial charge on any atom is -0.465 e. The summed E-state index contributed by atoms with van der Waals surface area (Å²) in [7, 11) is 1.30. The highest BCUT2D eigenvalue weighted by Crippen LogP contribution is 2.23. The molecule has 18 heavy (non-hydrogen) atoms. The Hall–Kier alpha value is -1.05. The van der Waals surface area contributed by atoms with Gasteiger partial charge < -0.3 is 15.2 Å². The SMILES string of the molecule is COC(=O)c1sccc1NC(=O)CSC(C)CO. The number of rotatable bonds is 6. The van der Waals surface area contributed by atoms with Crippen LogP contribution in [0.2, 0.25) is 0 Å². The predicted molar refractivity (Wildman–Crippen MR) is 73.3 cm³/mol. The van der Waals surface area contributed by atoms with Gasteiger partial charge in [-0.3, -0.25) is 4.79 Å². The van der Waals surface area contributed by atoms with Gasteiger partial charge in [-0.2, -0.15) is 0 Å². The van der Waals surface area contributed by atoms with Crippen molar-refractivity contribution in [1.29, 1.82) is 0 Å². The first-order chi connectivity index (χ1) is 8.58. The lowest BCUT2D eigenvalue weighted by Crippen LogP contribution is -2.18. The molecule has 0 radical (unpaired) electrons. The number of thiophene rings is 1. The number of ether oxygens (including phenoxy) is 1. The highest BCUT2D eigenvalue weighted by atomic mass is 32.2. The smallest absolute Gasteiger partial charge is 0.350 e. The van der Waals surface area contributed by atoms with Crippen LogP contribution in [0.4, 0.5) is 5.69 Å². The van der Waals surface area contributed by atoms with Gasteiger partial charge in [0, 0.05) is 5.25 Å². The molecule has 0 saturated carbocycles. The molecule has 0 aliphatic carbocycles. The number of hydrogen-bond acceptors (Lipinski definition) is 6. The summed E-state index contributed by atoms with van der Waals surface area (Å²) < 4.78 is 4.61. The number of aliphatic hydroxyl groups excluding tert-OH is 1. The Balaban J connectivity index is 2.54. The molecule has 1 heterocycles. The summed E-state index contributed by atoms with van der Waals surface area (Å²) in [5, 5.41) is 13.2. The standard InChI is InChI=1S/C11H15NO4S2/c1-7(5-13)18-6-9(14)12-8-3-4-17-10(8)11(15)16-2/h3-4,7,13H,5-6H2,1-2H3,(H,12,14). The van der Waals surface area contributed by atoms with E-state index in [1.54, 1.807) is 11.4 Å². The lowest BCUT2D eigenvalue weighted by Gasteiger charge is -2.08. The number of methoxy groups -OCH3 is 1. The average Bonchev–Trinajstić information content (AvgIpc) is 2.82. The first-order valence-electron chi connectivity index (χ1n) is 5.26. The van der Waals surface area contributed by atoms with Gasteiger partial charge >= 0.3 is 5.97 Å². The van der Waals surface area contributed by atoms with E-state index in [0.717, 1.165) is 0 Å². The number of esters is 1. The van der Waals surface area contributed by atoms with Crippen LogP contribution in [0.25, 0.3) is 0 Å². The summed E-state index contributed by atoms with van der Waals surface area (Å²) in [6.45, 7) is 1.87. The number of nitrogens with one attached hydrogen (secondary N) is 1. The van der Waals surface area contributed by atoms with E-state index >= 15 is 0 Å². The fourth-order valence-electron chi connectivity index (χ4n) is 1.12. The zero-order valence-corrected chi connectivity index (χ0v) is 11.8. The second-order valence-electron chi connectivity index (χ2n) is 3.51. The molecule has 1 rings (SSSR count). The van der Waals surface area contributed by atoms with E-state index < -0.39 is 5.97 Å². The Morgan fingerprint density at radius 2 is 2.33 bits per heavy atom. The first kappa shape index (κ1) is 15.0. The van der Waals surface area contributed by atoms with Crippen molar-refractivity contribution in [3.63, 3.8) is 0 Å². The maximum Gasteiger partial charge on any atom is 0.350 e. The van der Waals surface area contributed by atoms with E-state index in [1.807, 2.05) is 6.92 Å². The number of anilines is 1. The molecule has 5 nitrogen and oxygen atoms in total. The van der Waals surface area contributed by atoms with Crippen LogP contribution in [0.15, 0.2) is 11.4 Å². The second kappa shape index (κ2) is 7.40. The van der Waals surface area contributed by atoms with Crippen LogP contribution >= 0.6 is 23.1 Å². The Morgan fingerprint density at radius 1 is 1.61 bits per heavy atom. The number of carbonyl (C=O) groups excluding carboxylic acids is 2. The maximum atomic E-state index is 11.6. The number of thioether (sulfide) groups is 1. The van der Waals surface area contributed by atoms with Gasteiger partial charge in [0.2, 0.25) is 5.91 Å². The topological polar surface area (TPSA) is 75.6 Å². The van der Waals surface area contributed by atoms with Crippen LogP contribution in [0.1, 0.15) is 16.6 Å². The van der Waals surface area contributed by atoms with Crippen LogP contribution < -0.4 is 5.32 Å². The van der Waals surface area contributed by atoms with Crippen molar-refractivity contribution < 1.29 is 19.4 Å². The molecular weight excluding hydrogens is 274 g/mol. The van der Waals surface area contributed by atoms with Crippen LogP contribution in [0, 0.1) is 0 Å². The van der Waals surface area contributed by atoms with Crippen LogP contribution in [-0.4, -0.2) is 41.7 Å². The lowest BCUT2D eigenvalue weighted by molar-refractivity contribution is -0.113. The van der Waals surface area contributed by atoms with Gasteiger partial charge in [0.1, 0.15) is 4.88 Å². The van der Waals surface area contributed by atoms with Crippen LogP contribution in [0.5, 0.6) is 0 Å². The Bertz CT molecular complexity index is 419. The third-order valence-corrected chi connectivity index (χ3v) is 4.11. The quantitative estimate of drug-likeness (QED) is 0.778. The highest BCUT2D eigenvalue weighted by Gasteiger charge is 2.15. The predicted octanol–water partition coefficient (Wildman–Crippen LogP) is 1.59. The van der Waals surface area contributed by atoms with Crippen molar-refractivity contribution >= 4 is 40.7 Å². The molecule has 1 aromatic rings. The summed E-state index contributed by atoms with van der Waals surface area (Å²) in [4.78, 5) is 23.4. The fourth-order valence-corrected chi connectivity index (χ4v) is 2.49. The Morgan fingerprint density at radius 3 is 2.94 bits per heavy atom. The van der Waals surface area contributed by atoms with E-state index in [0.29, 0.717) is 10.6 Å². The van der Waals surface area contributed by atoms with Gasteiger partial charge in [-0.25, -0.2) is 4.79 Å². The van der Waals surface area contributed by atoms with E-state index in [2.05, 4.69) is 10.1 Å². The average molecular weight is 289 g/mol. The third kappa shape index (κ3) is 4.32. The molecule has 1 unspecified atom stereocenters. The number of hydrogen-bond donors (Lipinski definition) is 2. The third-order valence-electron chi connectivity index (χ3n) is 2.07. The number of aliphatic hydroxyl groups is 1. The van der Waals surface area contributed by atoms with Crippen molar-refractivity contribution in [3.8, 4) is 0 Å². The van der Waals surface area contributed by atoms with Gasteiger partial charge in [0.25, 0.3) is 0 Å². The Kier molecular flexibility index (Phi) is 6.17. The molecule has 0 bridgehead atoms. The summed E-state index contributed by atoms with van der Waals surface area (Å²) in [6.07, 6.45) is 0. The molecule has 0 aliphatic heterocycles. The molecule has 2 N–H and O–H groups in total. The van der Waals surface area contributed by atoms with Gasteiger partial charge in [-0.15, -0.1) is 23.1 Å². The molecule has 1 aromatic heterocycles. The summed E-state index contributed by atoms with van der Waals surface area (Å²) in [5.41, 5.74) is 0.467. The summed E-state index contributed by atoms with van der Waals surface area (Å²) in [5.74, 6) is -0.432. The van der Waals surface area contributed by atoms with E-state index in [4.69, 9.17) is 5.11 Å². The molecular formula is C11H15NO4S2. The number of carbonyl (C=O) groups is 2. The van der Waals surface area contributed by atoms with Gasteiger partial charge in [-0.05, 0) is 11.4 Å². The van der Waals surface area contributed by atoms with Crippen molar-refractivity contribution in [3.05, 3.63) is 16.3 Å². The fraction of sp³-hybridized carbons (Fsp3) is 0.455. The molecule has 100 valence electrons. The molecule has 0 saturated heterocycles. The van der Waals surface area contributed by atoms with Crippen molar-refractivity contribution in [2.45, 2.75) is 12.2 Å². The van der Waals surface area contributed by atoms with E-state index in [9.17, 15) is 9.59 Å². The minimum atomic E-state index is -0.461. The zero-order valence-electron chi connectivity index (χ0n) is 10.1. The largest absolute Gasteiger partial charge is 0.465 e. The van der Waals surface area contributed by atoms with Crippen molar-refractivity contribution in [2.75, 3.05) is 24.8 Å². The first-order valence-corrected chi connectivity index (χ1v) is 7.19. The molecule has 0 aromatic carbocycles. The minimum absolute atomic E-state index is 0.0123. The molecule has 0 spiro atoms. The summed E-state index contributed by atoms with van der Waals surface area (Å²) >= 11 is 2.57. The van der Waals surface area contributed by atoms with Gasteiger partial charge in [0.15, 0.2) is 0 Å². The molecule has 0 aliphatic rings. The normalized spacial score (nSPS) is 11.9. The zero-order chi connectivity index (χ0) is 13.5. The van der Waals surface area contributed by atoms with E-state index in [-0.39, 0.29) is 23.5 Å². The van der Waals surface area contributed by atoms with E-state index in [1.165, 1.54) is 30.2 Å². The highest BCUT2D eigenvalue weighted by molar-refractivity contribution is 8.00. The maximum absolute atomic E-state index is 11.6. The lowest BCUT2D eigenvalue weighted by atomic mass is 10.4. The number of amides is 1. The Labute approximate surface area is 114 Å². The van der Waals surface area contributed by atoms with Crippen LogP contribution in [0.3, 0.4) is 0 Å². The monoisotopic (exact) mass is 289 g/mol. The van der Waals surface area contributed by atoms with Gasteiger partial charge in [0.05, 0.1) is 25.2 Å². The summed E-state index contributed by atoms with van der Waals surface area (Å²) in [6, 6.07) is 1.66. The van der Waals surface area contributed by atoms with Crippen molar-refractivity contribution in [2.24, 2.45) is 0 Å². The molecule has 1 atom stereocenters. The molecule has 7 heteroatoms. The molecule has 0 fully saturated rings. The van der Waals surface area contributed by atoms with Gasteiger partial charge in [-0.1, -0.05) is 6.92 Å². The van der Waals surface area contributed by atoms with Crippen molar-refractivity contribution in [1.82, 2.24) is 0 Å².